The van der Waals surface area contributed by atoms with Crippen molar-refractivity contribution >= 4 is 5.91 Å². The van der Waals surface area contributed by atoms with Crippen molar-refractivity contribution in [3.63, 3.8) is 0 Å². The number of hydrogen-bond donors (Lipinski definition) is 0. The van der Waals surface area contributed by atoms with Crippen molar-refractivity contribution in [3.05, 3.63) is 0 Å². The summed E-state index contributed by atoms with van der Waals surface area (Å²) in [6.45, 7) is 3.73. The van der Waals surface area contributed by atoms with Gasteiger partial charge >= 0.3 is 0 Å². The van der Waals surface area contributed by atoms with E-state index in [0.29, 0.717) is 11.9 Å². The van der Waals surface area contributed by atoms with E-state index in [4.69, 9.17) is 4.74 Å². The lowest BCUT2D eigenvalue weighted by molar-refractivity contribution is -0.142. The molecule has 0 aromatic heterocycles. The molecule has 106 valence electrons. The number of rotatable bonds is 2. The van der Waals surface area contributed by atoms with Crippen LogP contribution in [-0.2, 0) is 9.53 Å². The first-order valence-corrected chi connectivity index (χ1v) is 7.96. The van der Waals surface area contributed by atoms with Crippen molar-refractivity contribution in [1.82, 2.24) is 9.80 Å². The Balaban J connectivity index is 1.45. The number of nitrogens with zero attached hydrogens (tertiary/aromatic N) is 2. The van der Waals surface area contributed by atoms with E-state index >= 15 is 0 Å². The summed E-state index contributed by atoms with van der Waals surface area (Å²) in [6, 6.07) is 0.737. The van der Waals surface area contributed by atoms with E-state index < -0.39 is 0 Å². The molecule has 2 saturated heterocycles. The van der Waals surface area contributed by atoms with Gasteiger partial charge in [0, 0.05) is 25.7 Å². The van der Waals surface area contributed by atoms with Crippen LogP contribution in [0.2, 0.25) is 0 Å². The van der Waals surface area contributed by atoms with E-state index in [1.54, 1.807) is 0 Å². The number of carbonyl (C=O) groups excluding carboxylic acids is 1. The molecule has 2 heterocycles. The maximum Gasteiger partial charge on any atom is 0.240 e. The number of hydrogen-bond acceptors (Lipinski definition) is 3. The Morgan fingerprint density at radius 2 is 1.89 bits per heavy atom. The summed E-state index contributed by atoms with van der Waals surface area (Å²) in [5.74, 6) is 0.401. The summed E-state index contributed by atoms with van der Waals surface area (Å²) in [6.07, 6.45) is 8.46. The molecule has 4 fully saturated rings. The second-order valence-corrected chi connectivity index (χ2v) is 6.78. The minimum absolute atomic E-state index is 0.0888. The molecular weight excluding hydrogens is 240 g/mol. The zero-order valence-electron chi connectivity index (χ0n) is 11.6. The van der Waals surface area contributed by atoms with E-state index in [1.165, 1.54) is 38.5 Å². The van der Waals surface area contributed by atoms with E-state index in [0.717, 1.165) is 32.7 Å². The van der Waals surface area contributed by atoms with Gasteiger partial charge in [-0.25, -0.2) is 0 Å². The maximum atomic E-state index is 12.5. The van der Waals surface area contributed by atoms with Gasteiger partial charge < -0.3 is 9.64 Å². The summed E-state index contributed by atoms with van der Waals surface area (Å²) in [5.41, 5.74) is 0.0888. The molecule has 4 aliphatic rings. The molecule has 2 aliphatic carbocycles. The Labute approximate surface area is 115 Å². The second-order valence-electron chi connectivity index (χ2n) is 6.78. The van der Waals surface area contributed by atoms with Gasteiger partial charge in [0.05, 0.1) is 18.2 Å². The van der Waals surface area contributed by atoms with E-state index in [2.05, 4.69) is 9.80 Å². The fraction of sp³-hybridized carbons (Fsp3) is 0.933. The SMILES string of the molecule is O=C1C(N2CCOC3(CCCC3)C2)CCN1C1CC1. The summed E-state index contributed by atoms with van der Waals surface area (Å²) < 4.78 is 6.07. The normalized spacial score (nSPS) is 35.5. The van der Waals surface area contributed by atoms with Gasteiger partial charge in [-0.05, 0) is 32.1 Å². The largest absolute Gasteiger partial charge is 0.372 e. The first-order valence-electron chi connectivity index (χ1n) is 7.96. The average Bonchev–Trinajstić information content (AvgIpc) is 3.05. The molecule has 1 spiro atoms. The highest BCUT2D eigenvalue weighted by atomic mass is 16.5. The van der Waals surface area contributed by atoms with Crippen LogP contribution in [0.1, 0.15) is 44.9 Å². The Kier molecular flexibility index (Phi) is 2.85. The van der Waals surface area contributed by atoms with Crippen molar-refractivity contribution in [3.8, 4) is 0 Å². The fourth-order valence-electron chi connectivity index (χ4n) is 4.24. The lowest BCUT2D eigenvalue weighted by atomic mass is 9.98. The van der Waals surface area contributed by atoms with Crippen molar-refractivity contribution in [1.29, 1.82) is 0 Å². The Morgan fingerprint density at radius 3 is 2.63 bits per heavy atom. The maximum absolute atomic E-state index is 12.5. The van der Waals surface area contributed by atoms with Gasteiger partial charge in [0.15, 0.2) is 0 Å². The summed E-state index contributed by atoms with van der Waals surface area (Å²) in [7, 11) is 0. The van der Waals surface area contributed by atoms with Crippen LogP contribution < -0.4 is 0 Å². The predicted octanol–water partition coefficient (Wildman–Crippen LogP) is 1.39. The molecule has 1 atom stereocenters. The van der Waals surface area contributed by atoms with Crippen LogP contribution in [0.25, 0.3) is 0 Å². The summed E-state index contributed by atoms with van der Waals surface area (Å²) in [4.78, 5) is 17.1. The van der Waals surface area contributed by atoms with Gasteiger partial charge in [-0.3, -0.25) is 9.69 Å². The molecule has 4 rings (SSSR count). The first kappa shape index (κ1) is 12.2. The third-order valence-electron chi connectivity index (χ3n) is 5.43. The van der Waals surface area contributed by atoms with Crippen LogP contribution in [0.3, 0.4) is 0 Å². The number of morpholine rings is 1. The van der Waals surface area contributed by atoms with Crippen LogP contribution in [-0.4, -0.2) is 59.6 Å². The number of likely N-dealkylation sites (tertiary alicyclic amines) is 1. The standard InChI is InChI=1S/C15H24N2O2/c18-14-13(5-8-17(14)12-3-4-12)16-9-10-19-15(11-16)6-1-2-7-15/h12-13H,1-11H2. The molecule has 1 amide bonds. The van der Waals surface area contributed by atoms with Gasteiger partial charge in [-0.2, -0.15) is 0 Å². The highest BCUT2D eigenvalue weighted by molar-refractivity contribution is 5.84. The molecule has 0 aromatic carbocycles. The van der Waals surface area contributed by atoms with Gasteiger partial charge in [-0.15, -0.1) is 0 Å². The highest BCUT2D eigenvalue weighted by Gasteiger charge is 2.47. The quantitative estimate of drug-likeness (QED) is 0.755. The Bertz CT molecular complexity index is 374. The monoisotopic (exact) mass is 264 g/mol. The fourth-order valence-corrected chi connectivity index (χ4v) is 4.24. The molecule has 4 nitrogen and oxygen atoms in total. The van der Waals surface area contributed by atoms with Crippen LogP contribution in [0.4, 0.5) is 0 Å². The smallest absolute Gasteiger partial charge is 0.240 e. The van der Waals surface area contributed by atoms with E-state index in [9.17, 15) is 4.79 Å². The minimum Gasteiger partial charge on any atom is -0.372 e. The average molecular weight is 264 g/mol. The summed E-state index contributed by atoms with van der Waals surface area (Å²) >= 11 is 0. The molecule has 2 aliphatic heterocycles. The molecule has 1 unspecified atom stereocenters. The van der Waals surface area contributed by atoms with Crippen LogP contribution in [0.5, 0.6) is 0 Å². The predicted molar refractivity (Wildman–Crippen MR) is 71.9 cm³/mol. The zero-order valence-corrected chi connectivity index (χ0v) is 11.6. The van der Waals surface area contributed by atoms with Gasteiger partial charge in [0.2, 0.25) is 5.91 Å². The van der Waals surface area contributed by atoms with Gasteiger partial charge in [0.1, 0.15) is 0 Å². The second kappa shape index (κ2) is 4.45. The molecule has 0 bridgehead atoms. The third-order valence-corrected chi connectivity index (χ3v) is 5.43. The Hall–Kier alpha value is -0.610. The molecule has 0 aromatic rings. The van der Waals surface area contributed by atoms with Gasteiger partial charge in [-0.1, -0.05) is 12.8 Å². The third kappa shape index (κ3) is 2.09. The van der Waals surface area contributed by atoms with Crippen molar-refractivity contribution < 1.29 is 9.53 Å². The highest BCUT2D eigenvalue weighted by Crippen LogP contribution is 2.38. The Morgan fingerprint density at radius 1 is 1.11 bits per heavy atom. The molecule has 2 saturated carbocycles. The van der Waals surface area contributed by atoms with E-state index in [-0.39, 0.29) is 11.6 Å². The van der Waals surface area contributed by atoms with Gasteiger partial charge in [0.25, 0.3) is 0 Å². The molecule has 0 N–H and O–H groups in total. The number of ether oxygens (including phenoxy) is 1. The molecule has 4 heteroatoms. The molecule has 0 radical (unpaired) electrons. The number of carbonyl (C=O) groups is 1. The van der Waals surface area contributed by atoms with E-state index in [1.807, 2.05) is 0 Å². The van der Waals surface area contributed by atoms with Crippen LogP contribution >= 0.6 is 0 Å². The van der Waals surface area contributed by atoms with Crippen LogP contribution in [0.15, 0.2) is 0 Å². The molecular formula is C15H24N2O2. The lowest BCUT2D eigenvalue weighted by Gasteiger charge is -2.42. The summed E-state index contributed by atoms with van der Waals surface area (Å²) in [5, 5.41) is 0. The zero-order chi connectivity index (χ0) is 12.9. The lowest BCUT2D eigenvalue weighted by Crippen LogP contribution is -2.55. The van der Waals surface area contributed by atoms with Crippen LogP contribution in [0, 0.1) is 0 Å². The topological polar surface area (TPSA) is 32.8 Å². The number of amides is 1. The first-order chi connectivity index (χ1) is 9.27. The minimum atomic E-state index is 0.0888. The van der Waals surface area contributed by atoms with Crippen molar-refractivity contribution in [2.45, 2.75) is 62.6 Å². The molecule has 19 heavy (non-hydrogen) atoms. The van der Waals surface area contributed by atoms with Crippen molar-refractivity contribution in [2.75, 3.05) is 26.2 Å². The van der Waals surface area contributed by atoms with Crippen molar-refractivity contribution in [2.24, 2.45) is 0 Å².